The predicted octanol–water partition coefficient (Wildman–Crippen LogP) is 2.30. The summed E-state index contributed by atoms with van der Waals surface area (Å²) in [6.45, 7) is 0.590. The van der Waals surface area contributed by atoms with Gasteiger partial charge in [-0.05, 0) is 12.1 Å². The molecule has 21 heavy (non-hydrogen) atoms. The van der Waals surface area contributed by atoms with Crippen molar-refractivity contribution in [1.29, 1.82) is 0 Å². The van der Waals surface area contributed by atoms with Crippen molar-refractivity contribution in [3.8, 4) is 5.75 Å². The SMILES string of the molecule is COc1cccc2c1nc(CCCl)n2CCC(=O)N(C)C. The van der Waals surface area contributed by atoms with Crippen LogP contribution in [0.5, 0.6) is 5.75 Å². The predicted molar refractivity (Wildman–Crippen MR) is 84.0 cm³/mol. The van der Waals surface area contributed by atoms with E-state index in [0.717, 1.165) is 22.6 Å². The van der Waals surface area contributed by atoms with Gasteiger partial charge in [-0.2, -0.15) is 0 Å². The van der Waals surface area contributed by atoms with E-state index in [2.05, 4.69) is 9.55 Å². The number of ether oxygens (including phenoxy) is 1. The summed E-state index contributed by atoms with van der Waals surface area (Å²) in [5, 5.41) is 0. The molecule has 5 nitrogen and oxygen atoms in total. The highest BCUT2D eigenvalue weighted by molar-refractivity contribution is 6.17. The minimum atomic E-state index is 0.0940. The number of para-hydroxylation sites is 1. The lowest BCUT2D eigenvalue weighted by Gasteiger charge is -2.12. The minimum absolute atomic E-state index is 0.0940. The topological polar surface area (TPSA) is 47.4 Å². The van der Waals surface area contributed by atoms with Gasteiger partial charge in [0, 0.05) is 39.4 Å². The number of amides is 1. The maximum Gasteiger partial charge on any atom is 0.223 e. The highest BCUT2D eigenvalue weighted by Crippen LogP contribution is 2.26. The number of carbonyl (C=O) groups excluding carboxylic acids is 1. The quantitative estimate of drug-likeness (QED) is 0.769. The lowest BCUT2D eigenvalue weighted by atomic mass is 10.3. The van der Waals surface area contributed by atoms with Crippen molar-refractivity contribution >= 4 is 28.5 Å². The smallest absolute Gasteiger partial charge is 0.223 e. The van der Waals surface area contributed by atoms with Crippen LogP contribution in [-0.2, 0) is 17.8 Å². The van der Waals surface area contributed by atoms with Crippen LogP contribution in [0.4, 0.5) is 0 Å². The van der Waals surface area contributed by atoms with Gasteiger partial charge in [-0.15, -0.1) is 11.6 Å². The Balaban J connectivity index is 2.39. The number of hydrogen-bond donors (Lipinski definition) is 0. The molecule has 0 unspecified atom stereocenters. The first-order valence-corrected chi connectivity index (χ1v) is 7.40. The van der Waals surface area contributed by atoms with Crippen LogP contribution in [0.2, 0.25) is 0 Å². The van der Waals surface area contributed by atoms with Gasteiger partial charge in [-0.25, -0.2) is 4.98 Å². The summed E-state index contributed by atoms with van der Waals surface area (Å²) < 4.78 is 7.41. The average Bonchev–Trinajstić information content (AvgIpc) is 2.82. The summed E-state index contributed by atoms with van der Waals surface area (Å²) in [6, 6.07) is 5.80. The van der Waals surface area contributed by atoms with E-state index in [9.17, 15) is 4.79 Å². The number of halogens is 1. The maximum atomic E-state index is 11.8. The molecule has 0 atom stereocenters. The van der Waals surface area contributed by atoms with Crippen molar-refractivity contribution in [3.63, 3.8) is 0 Å². The van der Waals surface area contributed by atoms with E-state index in [1.54, 1.807) is 26.1 Å². The molecule has 0 aliphatic heterocycles. The molecule has 0 spiro atoms. The van der Waals surface area contributed by atoms with Crippen LogP contribution < -0.4 is 4.74 Å². The Hall–Kier alpha value is -1.75. The van der Waals surface area contributed by atoms with Gasteiger partial charge < -0.3 is 14.2 Å². The zero-order valence-corrected chi connectivity index (χ0v) is 13.4. The zero-order valence-electron chi connectivity index (χ0n) is 12.6. The van der Waals surface area contributed by atoms with Crippen LogP contribution in [-0.4, -0.2) is 47.4 Å². The van der Waals surface area contributed by atoms with Gasteiger partial charge in [-0.1, -0.05) is 6.07 Å². The molecule has 2 aromatic rings. The van der Waals surface area contributed by atoms with E-state index in [1.165, 1.54) is 0 Å². The molecule has 0 radical (unpaired) electrons. The molecular weight excluding hydrogens is 290 g/mol. The summed E-state index contributed by atoms with van der Waals surface area (Å²) in [5.41, 5.74) is 1.79. The minimum Gasteiger partial charge on any atom is -0.494 e. The van der Waals surface area contributed by atoms with Crippen LogP contribution in [0.1, 0.15) is 12.2 Å². The molecule has 1 amide bonds. The number of nitrogens with zero attached hydrogens (tertiary/aromatic N) is 3. The molecule has 6 heteroatoms. The summed E-state index contributed by atoms with van der Waals surface area (Å²) >= 11 is 5.86. The molecule has 0 aliphatic carbocycles. The molecule has 2 rings (SSSR count). The Kier molecular flexibility index (Phi) is 5.07. The third kappa shape index (κ3) is 3.29. The first-order valence-electron chi connectivity index (χ1n) is 6.86. The first-order chi connectivity index (χ1) is 10.1. The molecule has 0 fully saturated rings. The molecule has 114 valence electrons. The Morgan fingerprint density at radius 2 is 2.19 bits per heavy atom. The van der Waals surface area contributed by atoms with Gasteiger partial charge in [0.25, 0.3) is 0 Å². The second-order valence-electron chi connectivity index (χ2n) is 4.98. The third-order valence-corrected chi connectivity index (χ3v) is 3.60. The molecule has 1 aromatic carbocycles. The molecule has 1 heterocycles. The van der Waals surface area contributed by atoms with E-state index in [4.69, 9.17) is 16.3 Å². The van der Waals surface area contributed by atoms with Gasteiger partial charge in [0.1, 0.15) is 17.1 Å². The standard InChI is InChI=1S/C15H20ClN3O2/c1-18(2)14(20)8-10-19-11-5-4-6-12(21-3)15(11)17-13(19)7-9-16/h4-6H,7-10H2,1-3H3. The van der Waals surface area contributed by atoms with Crippen molar-refractivity contribution in [3.05, 3.63) is 24.0 Å². The van der Waals surface area contributed by atoms with Crippen LogP contribution in [0, 0.1) is 0 Å². The summed E-state index contributed by atoms with van der Waals surface area (Å²) in [4.78, 5) is 18.0. The van der Waals surface area contributed by atoms with Crippen molar-refractivity contribution in [2.45, 2.75) is 19.4 Å². The Morgan fingerprint density at radius 1 is 1.43 bits per heavy atom. The number of aromatic nitrogens is 2. The van der Waals surface area contributed by atoms with Crippen molar-refractivity contribution in [1.82, 2.24) is 14.5 Å². The van der Waals surface area contributed by atoms with Gasteiger partial charge in [0.2, 0.25) is 5.91 Å². The molecular formula is C15H20ClN3O2. The van der Waals surface area contributed by atoms with Gasteiger partial charge in [-0.3, -0.25) is 4.79 Å². The van der Waals surface area contributed by atoms with E-state index >= 15 is 0 Å². The van der Waals surface area contributed by atoms with E-state index in [-0.39, 0.29) is 5.91 Å². The third-order valence-electron chi connectivity index (χ3n) is 3.41. The lowest BCUT2D eigenvalue weighted by molar-refractivity contribution is -0.128. The largest absolute Gasteiger partial charge is 0.494 e. The normalized spacial score (nSPS) is 10.9. The fraction of sp³-hybridized carbons (Fsp3) is 0.467. The van der Waals surface area contributed by atoms with Gasteiger partial charge in [0.15, 0.2) is 0 Å². The van der Waals surface area contributed by atoms with Crippen molar-refractivity contribution in [2.24, 2.45) is 0 Å². The summed E-state index contributed by atoms with van der Waals surface area (Å²) in [7, 11) is 5.15. The van der Waals surface area contributed by atoms with Crippen LogP contribution in [0.3, 0.4) is 0 Å². The Labute approximate surface area is 129 Å². The van der Waals surface area contributed by atoms with Crippen LogP contribution >= 0.6 is 11.6 Å². The number of hydrogen-bond acceptors (Lipinski definition) is 3. The highest BCUT2D eigenvalue weighted by atomic mass is 35.5. The molecule has 0 saturated carbocycles. The number of benzene rings is 1. The monoisotopic (exact) mass is 309 g/mol. The fourth-order valence-electron chi connectivity index (χ4n) is 2.29. The number of imidazole rings is 1. The second-order valence-corrected chi connectivity index (χ2v) is 5.36. The van der Waals surface area contributed by atoms with E-state index in [0.29, 0.717) is 25.3 Å². The maximum absolute atomic E-state index is 11.8. The number of aryl methyl sites for hydroxylation is 2. The number of carbonyl (C=O) groups is 1. The highest BCUT2D eigenvalue weighted by Gasteiger charge is 2.15. The van der Waals surface area contributed by atoms with Gasteiger partial charge in [0.05, 0.1) is 12.6 Å². The zero-order chi connectivity index (χ0) is 15.4. The van der Waals surface area contributed by atoms with Crippen LogP contribution in [0.25, 0.3) is 11.0 Å². The first kappa shape index (κ1) is 15.6. The number of alkyl halides is 1. The number of methoxy groups -OCH3 is 1. The second kappa shape index (κ2) is 6.80. The van der Waals surface area contributed by atoms with Crippen LogP contribution in [0.15, 0.2) is 18.2 Å². The Bertz CT molecular complexity index is 637. The molecule has 1 aromatic heterocycles. The Morgan fingerprint density at radius 3 is 2.81 bits per heavy atom. The number of fused-ring (bicyclic) bond motifs is 1. The van der Waals surface area contributed by atoms with Gasteiger partial charge >= 0.3 is 0 Å². The van der Waals surface area contributed by atoms with Crippen molar-refractivity contribution < 1.29 is 9.53 Å². The number of rotatable bonds is 6. The molecule has 0 saturated heterocycles. The summed E-state index contributed by atoms with van der Waals surface area (Å²) in [5.74, 6) is 2.21. The average molecular weight is 310 g/mol. The van der Waals surface area contributed by atoms with Crippen molar-refractivity contribution in [2.75, 3.05) is 27.1 Å². The molecule has 0 N–H and O–H groups in total. The van der Waals surface area contributed by atoms with E-state index in [1.807, 2.05) is 18.2 Å². The lowest BCUT2D eigenvalue weighted by Crippen LogP contribution is -2.23. The fourth-order valence-corrected chi connectivity index (χ4v) is 2.46. The molecule has 0 bridgehead atoms. The van der Waals surface area contributed by atoms with E-state index < -0.39 is 0 Å². The summed E-state index contributed by atoms with van der Waals surface area (Å²) in [6.07, 6.45) is 1.10. The molecule has 0 aliphatic rings.